The van der Waals surface area contributed by atoms with E-state index in [0.29, 0.717) is 16.8 Å². The van der Waals surface area contributed by atoms with Crippen LogP contribution in [0.1, 0.15) is 57.9 Å². The van der Waals surface area contributed by atoms with E-state index in [1.54, 1.807) is 4.52 Å². The van der Waals surface area contributed by atoms with Crippen LogP contribution >= 0.6 is 11.6 Å². The summed E-state index contributed by atoms with van der Waals surface area (Å²) in [7, 11) is 0. The minimum Gasteiger partial charge on any atom is -0.394 e. The van der Waals surface area contributed by atoms with Crippen molar-refractivity contribution in [3.8, 4) is 0 Å². The van der Waals surface area contributed by atoms with Crippen LogP contribution in [0.2, 0.25) is 5.15 Å². The SMILES string of the molecule is CC(C)(C)[C@@H](CO)Nc1c(C2CCCC2)c(Cl)nc2ncnn12. The van der Waals surface area contributed by atoms with Gasteiger partial charge in [0.05, 0.1) is 12.6 Å². The maximum atomic E-state index is 9.81. The third kappa shape index (κ3) is 3.15. The van der Waals surface area contributed by atoms with Crippen LogP contribution in [0.3, 0.4) is 0 Å². The Morgan fingerprint density at radius 1 is 1.39 bits per heavy atom. The summed E-state index contributed by atoms with van der Waals surface area (Å²) in [5, 5.41) is 18.1. The third-order valence-electron chi connectivity index (χ3n) is 4.72. The molecule has 1 fully saturated rings. The van der Waals surface area contributed by atoms with Crippen molar-refractivity contribution in [3.05, 3.63) is 17.0 Å². The van der Waals surface area contributed by atoms with E-state index in [1.165, 1.54) is 19.2 Å². The van der Waals surface area contributed by atoms with Gasteiger partial charge in [-0.1, -0.05) is 45.2 Å². The zero-order valence-electron chi connectivity index (χ0n) is 13.9. The van der Waals surface area contributed by atoms with Crippen LogP contribution in [0.15, 0.2) is 6.33 Å². The summed E-state index contributed by atoms with van der Waals surface area (Å²) in [5.41, 5.74) is 0.898. The number of hydrogen-bond acceptors (Lipinski definition) is 5. The molecule has 0 radical (unpaired) electrons. The topological polar surface area (TPSA) is 75.3 Å². The van der Waals surface area contributed by atoms with E-state index in [-0.39, 0.29) is 18.1 Å². The van der Waals surface area contributed by atoms with Gasteiger partial charge >= 0.3 is 0 Å². The highest BCUT2D eigenvalue weighted by atomic mass is 35.5. The van der Waals surface area contributed by atoms with Gasteiger partial charge in [-0.25, -0.2) is 0 Å². The molecule has 1 atom stereocenters. The number of fused-ring (bicyclic) bond motifs is 1. The monoisotopic (exact) mass is 337 g/mol. The summed E-state index contributed by atoms with van der Waals surface area (Å²) in [6.45, 7) is 6.32. The summed E-state index contributed by atoms with van der Waals surface area (Å²) in [5.74, 6) is 1.67. The molecule has 0 unspecified atom stereocenters. The average Bonchev–Trinajstić information content (AvgIpc) is 3.13. The van der Waals surface area contributed by atoms with Gasteiger partial charge in [-0.15, -0.1) is 0 Å². The number of aliphatic hydroxyl groups excluding tert-OH is 1. The van der Waals surface area contributed by atoms with E-state index < -0.39 is 0 Å². The molecule has 2 heterocycles. The fourth-order valence-corrected chi connectivity index (χ4v) is 3.56. The summed E-state index contributed by atoms with van der Waals surface area (Å²) >= 11 is 6.49. The molecule has 7 heteroatoms. The second-order valence-corrected chi connectivity index (χ2v) is 7.72. The highest BCUT2D eigenvalue weighted by Crippen LogP contribution is 2.41. The van der Waals surface area contributed by atoms with Gasteiger partial charge in [-0.3, -0.25) is 0 Å². The van der Waals surface area contributed by atoms with Gasteiger partial charge in [0.15, 0.2) is 0 Å². The Bertz CT molecular complexity index is 688. The van der Waals surface area contributed by atoms with Crippen LogP contribution in [-0.2, 0) is 0 Å². The van der Waals surface area contributed by atoms with Crippen molar-refractivity contribution in [2.45, 2.75) is 58.4 Å². The molecule has 23 heavy (non-hydrogen) atoms. The van der Waals surface area contributed by atoms with Crippen LogP contribution in [0.25, 0.3) is 5.78 Å². The number of aliphatic hydroxyl groups is 1. The Balaban J connectivity index is 2.11. The predicted octanol–water partition coefficient (Wildman–Crippen LogP) is 3.25. The van der Waals surface area contributed by atoms with E-state index in [9.17, 15) is 5.11 Å². The number of hydrogen-bond donors (Lipinski definition) is 2. The maximum absolute atomic E-state index is 9.81. The van der Waals surface area contributed by atoms with E-state index in [0.717, 1.165) is 24.2 Å². The lowest BCUT2D eigenvalue weighted by Gasteiger charge is -2.32. The number of rotatable bonds is 4. The van der Waals surface area contributed by atoms with Gasteiger partial charge in [0, 0.05) is 5.56 Å². The largest absolute Gasteiger partial charge is 0.394 e. The van der Waals surface area contributed by atoms with Gasteiger partial charge < -0.3 is 10.4 Å². The first kappa shape index (κ1) is 16.5. The Labute approximate surface area is 141 Å². The Morgan fingerprint density at radius 3 is 2.70 bits per heavy atom. The number of halogens is 1. The maximum Gasteiger partial charge on any atom is 0.255 e. The summed E-state index contributed by atoms with van der Waals surface area (Å²) in [6, 6.07) is -0.117. The molecular formula is C16H24ClN5O. The first-order chi connectivity index (χ1) is 10.9. The van der Waals surface area contributed by atoms with Gasteiger partial charge in [-0.2, -0.15) is 19.6 Å². The van der Waals surface area contributed by atoms with E-state index in [4.69, 9.17) is 11.6 Å². The van der Waals surface area contributed by atoms with Crippen molar-refractivity contribution in [3.63, 3.8) is 0 Å². The van der Waals surface area contributed by atoms with Crippen LogP contribution in [0.4, 0.5) is 5.82 Å². The normalized spacial score (nSPS) is 17.8. The minimum absolute atomic E-state index is 0.0315. The first-order valence-electron chi connectivity index (χ1n) is 8.18. The quantitative estimate of drug-likeness (QED) is 0.837. The minimum atomic E-state index is -0.117. The Morgan fingerprint density at radius 2 is 2.09 bits per heavy atom. The number of aromatic nitrogens is 4. The highest BCUT2D eigenvalue weighted by molar-refractivity contribution is 6.30. The third-order valence-corrected chi connectivity index (χ3v) is 5.01. The standard InChI is InChI=1S/C16H24ClN5O/c1-16(2,3)11(8-23)20-14-12(10-6-4-5-7-10)13(17)21-15-18-9-19-22(14)15/h9-11,20,23H,4-8H2,1-3H3/t11-/m1/s1. The fraction of sp³-hybridized carbons (Fsp3) is 0.688. The molecule has 1 aliphatic rings. The molecule has 2 aromatic rings. The molecule has 2 aromatic heterocycles. The van der Waals surface area contributed by atoms with Crippen LogP contribution < -0.4 is 5.32 Å². The van der Waals surface area contributed by atoms with Gasteiger partial charge in [0.1, 0.15) is 17.3 Å². The average molecular weight is 338 g/mol. The zero-order chi connectivity index (χ0) is 16.6. The molecule has 0 aromatic carbocycles. The molecule has 2 N–H and O–H groups in total. The molecule has 1 aliphatic carbocycles. The lowest BCUT2D eigenvalue weighted by Crippen LogP contribution is -2.38. The summed E-state index contributed by atoms with van der Waals surface area (Å²) < 4.78 is 1.70. The first-order valence-corrected chi connectivity index (χ1v) is 8.56. The molecule has 1 saturated carbocycles. The van der Waals surface area contributed by atoms with Crippen molar-refractivity contribution >= 4 is 23.2 Å². The van der Waals surface area contributed by atoms with Crippen LogP contribution in [-0.4, -0.2) is 37.3 Å². The Hall–Kier alpha value is -1.40. The van der Waals surface area contributed by atoms with E-state index in [2.05, 4.69) is 41.2 Å². The van der Waals surface area contributed by atoms with Crippen molar-refractivity contribution in [2.75, 3.05) is 11.9 Å². The molecule has 0 spiro atoms. The fourth-order valence-electron chi connectivity index (χ4n) is 3.25. The van der Waals surface area contributed by atoms with Gasteiger partial charge in [0.2, 0.25) is 0 Å². The van der Waals surface area contributed by atoms with Crippen molar-refractivity contribution in [1.82, 2.24) is 19.6 Å². The van der Waals surface area contributed by atoms with Crippen molar-refractivity contribution in [1.29, 1.82) is 0 Å². The molecule has 0 bridgehead atoms. The highest BCUT2D eigenvalue weighted by Gasteiger charge is 2.30. The molecule has 126 valence electrons. The molecule has 0 amide bonds. The smallest absolute Gasteiger partial charge is 0.255 e. The summed E-state index contributed by atoms with van der Waals surface area (Å²) in [6.07, 6.45) is 6.11. The summed E-state index contributed by atoms with van der Waals surface area (Å²) in [4.78, 5) is 8.55. The lowest BCUT2D eigenvalue weighted by molar-refractivity contribution is 0.201. The van der Waals surface area contributed by atoms with Crippen molar-refractivity contribution in [2.24, 2.45) is 5.41 Å². The van der Waals surface area contributed by atoms with Gasteiger partial charge in [0.25, 0.3) is 5.78 Å². The lowest BCUT2D eigenvalue weighted by atomic mass is 9.87. The van der Waals surface area contributed by atoms with Crippen LogP contribution in [0, 0.1) is 5.41 Å². The molecular weight excluding hydrogens is 314 g/mol. The number of anilines is 1. The second kappa shape index (κ2) is 6.24. The number of nitrogens with one attached hydrogen (secondary N) is 1. The second-order valence-electron chi connectivity index (χ2n) is 7.36. The van der Waals surface area contributed by atoms with Crippen molar-refractivity contribution < 1.29 is 5.11 Å². The molecule has 0 saturated heterocycles. The predicted molar refractivity (Wildman–Crippen MR) is 91.0 cm³/mol. The van der Waals surface area contributed by atoms with Crippen LogP contribution in [0.5, 0.6) is 0 Å². The number of nitrogens with zero attached hydrogens (tertiary/aromatic N) is 4. The zero-order valence-corrected chi connectivity index (χ0v) is 14.6. The van der Waals surface area contributed by atoms with Gasteiger partial charge in [-0.05, 0) is 24.2 Å². The molecule has 6 nitrogen and oxygen atoms in total. The van der Waals surface area contributed by atoms with E-state index >= 15 is 0 Å². The molecule has 3 rings (SSSR count). The van der Waals surface area contributed by atoms with E-state index in [1.807, 2.05) is 0 Å². The molecule has 0 aliphatic heterocycles. The Kier molecular flexibility index (Phi) is 4.47.